The number of nitrogens with two attached hydrogens (primary N) is 1. The molecule has 0 aromatic heterocycles. The fourth-order valence-electron chi connectivity index (χ4n) is 1.72. The molecule has 1 aliphatic rings. The van der Waals surface area contributed by atoms with Gasteiger partial charge >= 0.3 is 23.5 Å². The normalized spacial score (nSPS) is 31.4. The molecular weight excluding hydrogens is 450 g/mol. The number of aliphatic hydroxyl groups excluding tert-OH is 2. The number of phosphoric ester groups is 1. The molecule has 28 heavy (non-hydrogen) atoms. The number of ether oxygens (including phenoxy) is 1. The van der Waals surface area contributed by atoms with Crippen LogP contribution in [0.4, 0.5) is 0 Å². The lowest BCUT2D eigenvalue weighted by atomic mass is 9.88. The van der Waals surface area contributed by atoms with Gasteiger partial charge in [-0.3, -0.25) is 14.9 Å². The SMILES string of the molecule is [B]C(C=NC1OC(COP(=O)(O)OP(=O)(O)OP(=O)(O)O)C(O)C1O)C(=N)N. The van der Waals surface area contributed by atoms with Crippen molar-refractivity contribution < 1.29 is 61.4 Å². The summed E-state index contributed by atoms with van der Waals surface area (Å²) in [6.45, 7) is -0.979. The Morgan fingerprint density at radius 1 is 1.18 bits per heavy atom. The molecule has 0 aromatic carbocycles. The zero-order chi connectivity index (χ0) is 21.9. The summed E-state index contributed by atoms with van der Waals surface area (Å²) in [6.07, 6.45) is -5.26. The molecule has 0 aliphatic carbocycles. The third kappa shape index (κ3) is 8.47. The van der Waals surface area contributed by atoms with Crippen molar-refractivity contribution in [2.24, 2.45) is 10.7 Å². The maximum Gasteiger partial charge on any atom is 0.490 e. The standard InChI is InChI=1S/C8H17BN3O13P3/c9-3(7(10)11)1-12-8-6(14)5(13)4(23-8)2-22-27(18,19)25-28(20,21)24-26(15,16)17/h1,3-6,8,13-14H,2H2,(H3,10,11)(H,18,19)(H,20,21)(H2,15,16,17). The Morgan fingerprint density at radius 2 is 1.75 bits per heavy atom. The summed E-state index contributed by atoms with van der Waals surface area (Å²) >= 11 is 0. The molecule has 7 unspecified atom stereocenters. The minimum atomic E-state index is -5.69. The van der Waals surface area contributed by atoms with Gasteiger partial charge in [-0.05, 0) is 0 Å². The molecule has 0 amide bonds. The van der Waals surface area contributed by atoms with Gasteiger partial charge in [0, 0.05) is 12.0 Å². The lowest BCUT2D eigenvalue weighted by Gasteiger charge is -2.18. The highest BCUT2D eigenvalue weighted by atomic mass is 31.3. The number of rotatable bonds is 10. The second-order valence-corrected chi connectivity index (χ2v) is 9.63. The molecule has 1 aliphatic heterocycles. The van der Waals surface area contributed by atoms with Gasteiger partial charge in [0.05, 0.1) is 20.3 Å². The number of nitrogens with one attached hydrogen (secondary N) is 1. The topological polar surface area (TPSA) is 272 Å². The summed E-state index contributed by atoms with van der Waals surface area (Å²) in [6, 6.07) is 0. The second kappa shape index (κ2) is 9.54. The van der Waals surface area contributed by atoms with Crippen LogP contribution in [0.3, 0.4) is 0 Å². The predicted octanol–water partition coefficient (Wildman–Crippen LogP) is -2.26. The summed E-state index contributed by atoms with van der Waals surface area (Å²) in [5.74, 6) is -1.54. The largest absolute Gasteiger partial charge is 0.490 e. The molecule has 0 spiro atoms. The van der Waals surface area contributed by atoms with E-state index in [4.69, 9.17) is 38.4 Å². The first-order chi connectivity index (χ1) is 12.5. The van der Waals surface area contributed by atoms with E-state index in [1.807, 2.05) is 0 Å². The molecule has 7 atom stereocenters. The molecule has 20 heteroatoms. The molecule has 1 rings (SSSR count). The van der Waals surface area contributed by atoms with Gasteiger partial charge in [0.2, 0.25) is 0 Å². The van der Waals surface area contributed by atoms with E-state index in [0.29, 0.717) is 0 Å². The van der Waals surface area contributed by atoms with E-state index in [9.17, 15) is 28.8 Å². The van der Waals surface area contributed by atoms with Gasteiger partial charge in [-0.2, -0.15) is 8.62 Å². The van der Waals surface area contributed by atoms with Crippen LogP contribution in [-0.4, -0.2) is 80.8 Å². The average molecular weight is 467 g/mol. The van der Waals surface area contributed by atoms with Gasteiger partial charge < -0.3 is 40.3 Å². The van der Waals surface area contributed by atoms with Gasteiger partial charge in [0.25, 0.3) is 0 Å². The van der Waals surface area contributed by atoms with Crippen molar-refractivity contribution in [3.8, 4) is 0 Å². The summed E-state index contributed by atoms with van der Waals surface area (Å²) < 4.78 is 49.7. The lowest BCUT2D eigenvalue weighted by molar-refractivity contribution is -0.0188. The van der Waals surface area contributed by atoms with E-state index < -0.39 is 66.3 Å². The van der Waals surface area contributed by atoms with Gasteiger partial charge in [-0.1, -0.05) is 0 Å². The summed E-state index contributed by atoms with van der Waals surface area (Å²) in [5.41, 5.74) is 5.11. The highest BCUT2D eigenvalue weighted by molar-refractivity contribution is 7.66. The number of hydrogen-bond acceptors (Lipinski definition) is 11. The van der Waals surface area contributed by atoms with E-state index in [1.165, 1.54) is 0 Å². The molecule has 1 fully saturated rings. The Morgan fingerprint density at radius 3 is 2.25 bits per heavy atom. The molecule has 1 heterocycles. The molecule has 0 aromatic rings. The molecular formula is C8H17BN3O13P3. The third-order valence-corrected chi connectivity index (χ3v) is 6.71. The van der Waals surface area contributed by atoms with Crippen LogP contribution in [0.25, 0.3) is 0 Å². The van der Waals surface area contributed by atoms with Crippen LogP contribution < -0.4 is 5.73 Å². The van der Waals surface area contributed by atoms with Gasteiger partial charge in [-0.15, -0.1) is 0 Å². The van der Waals surface area contributed by atoms with Crippen molar-refractivity contribution in [2.45, 2.75) is 30.4 Å². The number of nitrogens with zero attached hydrogens (tertiary/aromatic N) is 1. The Balaban J connectivity index is 2.68. The first kappa shape index (κ1) is 25.5. The number of hydrogen-bond donors (Lipinski definition) is 8. The van der Waals surface area contributed by atoms with E-state index in [1.54, 1.807) is 0 Å². The maximum absolute atomic E-state index is 11.6. The fraction of sp³-hybridized carbons (Fsp3) is 0.750. The Bertz CT molecular complexity index is 745. The van der Waals surface area contributed by atoms with E-state index in [-0.39, 0.29) is 0 Å². The Kier molecular flexibility index (Phi) is 8.70. The van der Waals surface area contributed by atoms with E-state index in [2.05, 4.69) is 18.1 Å². The third-order valence-electron chi connectivity index (χ3n) is 2.91. The van der Waals surface area contributed by atoms with Crippen LogP contribution in [-0.2, 0) is 31.6 Å². The van der Waals surface area contributed by atoms with Crippen molar-refractivity contribution >= 4 is 43.4 Å². The second-order valence-electron chi connectivity index (χ2n) is 5.21. The highest BCUT2D eigenvalue weighted by Crippen LogP contribution is 2.66. The summed E-state index contributed by atoms with van der Waals surface area (Å²) in [4.78, 5) is 38.8. The first-order valence-corrected chi connectivity index (χ1v) is 11.5. The van der Waals surface area contributed by atoms with Crippen LogP contribution in [0.1, 0.15) is 0 Å². The lowest BCUT2D eigenvalue weighted by Crippen LogP contribution is -2.34. The van der Waals surface area contributed by atoms with Gasteiger partial charge in [0.1, 0.15) is 18.3 Å². The van der Waals surface area contributed by atoms with Crippen molar-refractivity contribution in [2.75, 3.05) is 6.61 Å². The number of aliphatic imine (C=N–C) groups is 1. The molecule has 16 nitrogen and oxygen atoms in total. The summed E-state index contributed by atoms with van der Waals surface area (Å²) in [7, 11) is -11.2. The Labute approximate surface area is 158 Å². The number of aliphatic hydroxyl groups is 2. The van der Waals surface area contributed by atoms with Crippen LogP contribution in [0, 0.1) is 5.41 Å². The molecule has 0 saturated carbocycles. The Hall–Kier alpha value is -0.505. The molecule has 160 valence electrons. The molecule has 1 saturated heterocycles. The smallest absolute Gasteiger partial charge is 0.388 e. The van der Waals surface area contributed by atoms with Crippen LogP contribution in [0.5, 0.6) is 0 Å². The van der Waals surface area contributed by atoms with Crippen LogP contribution in [0.15, 0.2) is 4.99 Å². The van der Waals surface area contributed by atoms with Crippen LogP contribution >= 0.6 is 23.5 Å². The van der Waals surface area contributed by atoms with Crippen molar-refractivity contribution in [1.82, 2.24) is 0 Å². The number of amidine groups is 1. The van der Waals surface area contributed by atoms with Crippen molar-refractivity contribution in [1.29, 1.82) is 5.41 Å². The number of phosphoric acid groups is 3. The van der Waals surface area contributed by atoms with E-state index >= 15 is 0 Å². The van der Waals surface area contributed by atoms with Crippen LogP contribution in [0.2, 0.25) is 5.82 Å². The fourth-order valence-corrected chi connectivity index (χ4v) is 4.75. The zero-order valence-electron chi connectivity index (χ0n) is 13.7. The highest BCUT2D eigenvalue weighted by Gasteiger charge is 2.45. The van der Waals surface area contributed by atoms with Crippen molar-refractivity contribution in [3.05, 3.63) is 0 Å². The van der Waals surface area contributed by atoms with Gasteiger partial charge in [0.15, 0.2) is 6.23 Å². The minimum Gasteiger partial charge on any atom is -0.388 e. The average Bonchev–Trinajstić information content (AvgIpc) is 2.74. The molecule has 0 bridgehead atoms. The van der Waals surface area contributed by atoms with E-state index in [0.717, 1.165) is 6.21 Å². The first-order valence-electron chi connectivity index (χ1n) is 6.96. The van der Waals surface area contributed by atoms with Crippen molar-refractivity contribution in [3.63, 3.8) is 0 Å². The molecule has 2 radical (unpaired) electrons. The predicted molar refractivity (Wildman–Crippen MR) is 90.4 cm³/mol. The molecule has 9 N–H and O–H groups in total. The monoisotopic (exact) mass is 467 g/mol. The minimum absolute atomic E-state index is 0.444. The quantitative estimate of drug-likeness (QED) is 0.0729. The maximum atomic E-state index is 11.6. The summed E-state index contributed by atoms with van der Waals surface area (Å²) in [5, 5.41) is 26.7. The van der Waals surface area contributed by atoms with Gasteiger partial charge in [-0.25, -0.2) is 13.7 Å². The zero-order valence-corrected chi connectivity index (χ0v) is 16.3.